The van der Waals surface area contributed by atoms with Crippen molar-refractivity contribution < 1.29 is 10.0 Å². The van der Waals surface area contributed by atoms with E-state index in [-0.39, 0.29) is 0 Å². The maximum absolute atomic E-state index is 9.21. The molecule has 3 aromatic rings. The van der Waals surface area contributed by atoms with Crippen molar-refractivity contribution in [1.82, 2.24) is 4.57 Å². The highest BCUT2D eigenvalue weighted by Crippen LogP contribution is 2.25. The minimum Gasteiger partial charge on any atom is -0.423 e. The second kappa shape index (κ2) is 7.43. The summed E-state index contributed by atoms with van der Waals surface area (Å²) in [6, 6.07) is 15.6. The zero-order valence-electron chi connectivity index (χ0n) is 13.7. The van der Waals surface area contributed by atoms with Crippen molar-refractivity contribution in [3.05, 3.63) is 64.8 Å². The number of unbranched alkanes of at least 4 members (excludes halogenated alkanes) is 1. The van der Waals surface area contributed by atoms with Gasteiger partial charge in [-0.3, -0.25) is 0 Å². The fourth-order valence-corrected chi connectivity index (χ4v) is 3.22. The molecular formula is C19H21BClNO2. The molecule has 0 unspecified atom stereocenters. The predicted molar refractivity (Wildman–Crippen MR) is 101 cm³/mol. The zero-order valence-corrected chi connectivity index (χ0v) is 14.5. The third-order valence-corrected chi connectivity index (χ3v) is 4.58. The molecule has 2 aromatic carbocycles. The molecule has 3 rings (SSSR count). The number of aryl methyl sites for hydroxylation is 1. The Morgan fingerprint density at radius 3 is 2.46 bits per heavy atom. The molecule has 0 aliphatic rings. The van der Waals surface area contributed by atoms with Crippen molar-refractivity contribution in [2.45, 2.75) is 32.7 Å². The van der Waals surface area contributed by atoms with E-state index in [2.05, 4.69) is 23.6 Å². The summed E-state index contributed by atoms with van der Waals surface area (Å²) in [5.41, 5.74) is 4.12. The number of hydrogen-bond acceptors (Lipinski definition) is 2. The first-order valence-electron chi connectivity index (χ1n) is 8.31. The Kier molecular flexibility index (Phi) is 5.29. The highest BCUT2D eigenvalue weighted by Gasteiger charge is 2.12. The predicted octanol–water partition coefficient (Wildman–Crippen LogP) is 3.37. The van der Waals surface area contributed by atoms with Gasteiger partial charge in [-0.25, -0.2) is 0 Å². The molecule has 1 heterocycles. The quantitative estimate of drug-likeness (QED) is 0.675. The van der Waals surface area contributed by atoms with Gasteiger partial charge in [-0.15, -0.1) is 0 Å². The molecule has 0 saturated heterocycles. The normalized spacial score (nSPS) is 11.2. The van der Waals surface area contributed by atoms with Crippen molar-refractivity contribution in [1.29, 1.82) is 0 Å². The van der Waals surface area contributed by atoms with Crippen molar-refractivity contribution >= 4 is 35.1 Å². The average Bonchev–Trinajstić information content (AvgIpc) is 2.89. The largest absolute Gasteiger partial charge is 0.488 e. The van der Waals surface area contributed by atoms with Crippen molar-refractivity contribution in [3.8, 4) is 0 Å². The maximum atomic E-state index is 9.21. The molecule has 124 valence electrons. The maximum Gasteiger partial charge on any atom is 0.488 e. The minimum atomic E-state index is -1.42. The average molecular weight is 342 g/mol. The van der Waals surface area contributed by atoms with Gasteiger partial charge in [0.05, 0.1) is 0 Å². The van der Waals surface area contributed by atoms with E-state index in [4.69, 9.17) is 11.6 Å². The topological polar surface area (TPSA) is 45.4 Å². The van der Waals surface area contributed by atoms with Gasteiger partial charge in [-0.05, 0) is 41.7 Å². The molecule has 1 aromatic heterocycles. The number of rotatable bonds is 6. The third-order valence-electron chi connectivity index (χ3n) is 4.35. The van der Waals surface area contributed by atoms with Crippen LogP contribution in [-0.4, -0.2) is 21.7 Å². The van der Waals surface area contributed by atoms with E-state index < -0.39 is 7.12 Å². The Hall–Kier alpha value is -1.75. The van der Waals surface area contributed by atoms with Gasteiger partial charge in [0.15, 0.2) is 0 Å². The van der Waals surface area contributed by atoms with Gasteiger partial charge in [0.1, 0.15) is 0 Å². The third kappa shape index (κ3) is 3.67. The van der Waals surface area contributed by atoms with Gasteiger partial charge < -0.3 is 14.6 Å². The molecule has 0 fully saturated rings. The van der Waals surface area contributed by atoms with Gasteiger partial charge in [-0.2, -0.15) is 0 Å². The fraction of sp³-hybridized carbons (Fsp3) is 0.263. The lowest BCUT2D eigenvalue weighted by Gasteiger charge is -2.11. The Bertz CT molecular complexity index is 827. The standard InChI is InChI=1S/C19H21BClNO2/c1-2-3-10-22-18(13-15-12-17(21)8-9-19(15)22)11-14-4-6-16(7-5-14)20(23)24/h4-9,12-13,23-24H,2-3,10-11H2,1H3. The van der Waals surface area contributed by atoms with Crippen LogP contribution < -0.4 is 5.46 Å². The molecular weight excluding hydrogens is 320 g/mol. The first-order chi connectivity index (χ1) is 11.6. The number of hydrogen-bond donors (Lipinski definition) is 2. The summed E-state index contributed by atoms with van der Waals surface area (Å²) < 4.78 is 2.37. The van der Waals surface area contributed by atoms with Crippen LogP contribution in [-0.2, 0) is 13.0 Å². The monoisotopic (exact) mass is 341 g/mol. The van der Waals surface area contributed by atoms with Crippen LogP contribution in [0.3, 0.4) is 0 Å². The van der Waals surface area contributed by atoms with Crippen molar-refractivity contribution in [2.24, 2.45) is 0 Å². The van der Waals surface area contributed by atoms with Crippen LogP contribution in [0.4, 0.5) is 0 Å². The smallest absolute Gasteiger partial charge is 0.423 e. The lowest BCUT2D eigenvalue weighted by atomic mass is 9.80. The Morgan fingerprint density at radius 1 is 1.04 bits per heavy atom. The SMILES string of the molecule is CCCCn1c(Cc2ccc(B(O)O)cc2)cc2cc(Cl)ccc21. The second-order valence-electron chi connectivity index (χ2n) is 6.14. The van der Waals surface area contributed by atoms with Gasteiger partial charge in [0.25, 0.3) is 0 Å². The van der Waals surface area contributed by atoms with E-state index in [0.717, 1.165) is 41.8 Å². The van der Waals surface area contributed by atoms with E-state index in [1.54, 1.807) is 12.1 Å². The summed E-state index contributed by atoms with van der Waals surface area (Å²) in [4.78, 5) is 0. The molecule has 0 aliphatic heterocycles. The molecule has 0 aliphatic carbocycles. The van der Waals surface area contributed by atoms with E-state index in [1.807, 2.05) is 24.3 Å². The van der Waals surface area contributed by atoms with Crippen LogP contribution in [0.15, 0.2) is 48.5 Å². The molecule has 5 heteroatoms. The molecule has 24 heavy (non-hydrogen) atoms. The number of fused-ring (bicyclic) bond motifs is 1. The Balaban J connectivity index is 1.94. The highest BCUT2D eigenvalue weighted by atomic mass is 35.5. The summed E-state index contributed by atoms with van der Waals surface area (Å²) in [6.07, 6.45) is 3.09. The van der Waals surface area contributed by atoms with Gasteiger partial charge in [0, 0.05) is 34.6 Å². The first kappa shape index (κ1) is 17.1. The fourth-order valence-electron chi connectivity index (χ4n) is 3.04. The van der Waals surface area contributed by atoms with Crippen molar-refractivity contribution in [2.75, 3.05) is 0 Å². The molecule has 3 nitrogen and oxygen atoms in total. The van der Waals surface area contributed by atoms with Crippen LogP contribution in [0, 0.1) is 0 Å². The summed E-state index contributed by atoms with van der Waals surface area (Å²) in [7, 11) is -1.42. The summed E-state index contributed by atoms with van der Waals surface area (Å²) in [6.45, 7) is 3.19. The highest BCUT2D eigenvalue weighted by molar-refractivity contribution is 6.58. The van der Waals surface area contributed by atoms with Gasteiger partial charge >= 0.3 is 7.12 Å². The lowest BCUT2D eigenvalue weighted by molar-refractivity contribution is 0.426. The van der Waals surface area contributed by atoms with E-state index in [0.29, 0.717) is 5.46 Å². The summed E-state index contributed by atoms with van der Waals surface area (Å²) in [5, 5.41) is 20.3. The van der Waals surface area contributed by atoms with E-state index in [1.165, 1.54) is 11.2 Å². The molecule has 0 saturated carbocycles. The summed E-state index contributed by atoms with van der Waals surface area (Å²) >= 11 is 6.14. The van der Waals surface area contributed by atoms with Crippen LogP contribution >= 0.6 is 11.6 Å². The number of nitrogens with zero attached hydrogens (tertiary/aromatic N) is 1. The van der Waals surface area contributed by atoms with Gasteiger partial charge in [-0.1, -0.05) is 49.2 Å². The zero-order chi connectivity index (χ0) is 17.1. The van der Waals surface area contributed by atoms with Crippen LogP contribution in [0.2, 0.25) is 5.02 Å². The molecule has 0 bridgehead atoms. The lowest BCUT2D eigenvalue weighted by Crippen LogP contribution is -2.29. The molecule has 0 radical (unpaired) electrons. The molecule has 2 N–H and O–H groups in total. The second-order valence-corrected chi connectivity index (χ2v) is 6.57. The molecule has 0 spiro atoms. The van der Waals surface area contributed by atoms with Crippen LogP contribution in [0.5, 0.6) is 0 Å². The van der Waals surface area contributed by atoms with Crippen molar-refractivity contribution in [3.63, 3.8) is 0 Å². The number of aromatic nitrogens is 1. The number of benzene rings is 2. The van der Waals surface area contributed by atoms with Crippen LogP contribution in [0.1, 0.15) is 31.0 Å². The number of halogens is 1. The molecule has 0 atom stereocenters. The molecule has 0 amide bonds. The minimum absolute atomic E-state index is 0.511. The first-order valence-corrected chi connectivity index (χ1v) is 8.69. The van der Waals surface area contributed by atoms with Crippen LogP contribution in [0.25, 0.3) is 10.9 Å². The van der Waals surface area contributed by atoms with E-state index in [9.17, 15) is 10.0 Å². The Morgan fingerprint density at radius 2 is 1.79 bits per heavy atom. The Labute approximate surface area is 147 Å². The van der Waals surface area contributed by atoms with E-state index >= 15 is 0 Å². The van der Waals surface area contributed by atoms with Gasteiger partial charge in [0.2, 0.25) is 0 Å². The summed E-state index contributed by atoms with van der Waals surface area (Å²) in [5.74, 6) is 0.